The monoisotopic (exact) mass is 323 g/mol. The SMILES string of the molecule is CCN[C@H](C)CNS(=O)(=O)c1ccccc1[N+](=O)[O-].Cl. The fourth-order valence-corrected chi connectivity index (χ4v) is 2.87. The normalized spacial score (nSPS) is 12.5. The maximum absolute atomic E-state index is 12.0. The van der Waals surface area contributed by atoms with Crippen LogP contribution in [0.2, 0.25) is 0 Å². The van der Waals surface area contributed by atoms with E-state index in [0.29, 0.717) is 6.54 Å². The lowest BCUT2D eigenvalue weighted by Crippen LogP contribution is -2.38. The fraction of sp³-hybridized carbons (Fsp3) is 0.455. The highest BCUT2D eigenvalue weighted by atomic mass is 35.5. The Morgan fingerprint density at radius 1 is 1.35 bits per heavy atom. The Balaban J connectivity index is 0.00000361. The van der Waals surface area contributed by atoms with Crippen LogP contribution in [0.5, 0.6) is 0 Å². The van der Waals surface area contributed by atoms with Gasteiger partial charge < -0.3 is 5.32 Å². The molecule has 0 aliphatic carbocycles. The van der Waals surface area contributed by atoms with Crippen molar-refractivity contribution in [1.29, 1.82) is 0 Å². The molecule has 0 saturated carbocycles. The minimum atomic E-state index is -3.88. The van der Waals surface area contributed by atoms with Crippen LogP contribution in [-0.2, 0) is 10.0 Å². The first-order chi connectivity index (χ1) is 8.88. The molecule has 0 aliphatic rings. The number of para-hydroxylation sites is 1. The molecule has 0 amide bonds. The van der Waals surface area contributed by atoms with Crippen LogP contribution in [0.1, 0.15) is 13.8 Å². The van der Waals surface area contributed by atoms with Crippen LogP contribution in [0.25, 0.3) is 0 Å². The van der Waals surface area contributed by atoms with Gasteiger partial charge in [0.15, 0.2) is 4.90 Å². The van der Waals surface area contributed by atoms with E-state index in [1.807, 2.05) is 13.8 Å². The lowest BCUT2D eigenvalue weighted by molar-refractivity contribution is -0.387. The van der Waals surface area contributed by atoms with Gasteiger partial charge in [0.1, 0.15) is 0 Å². The summed E-state index contributed by atoms with van der Waals surface area (Å²) in [5.41, 5.74) is -0.425. The van der Waals surface area contributed by atoms with Crippen molar-refractivity contribution in [1.82, 2.24) is 10.0 Å². The molecule has 0 aliphatic heterocycles. The van der Waals surface area contributed by atoms with E-state index in [-0.39, 0.29) is 29.9 Å². The van der Waals surface area contributed by atoms with Gasteiger partial charge in [-0.2, -0.15) is 0 Å². The molecule has 1 atom stereocenters. The van der Waals surface area contributed by atoms with Gasteiger partial charge in [-0.05, 0) is 19.5 Å². The van der Waals surface area contributed by atoms with Crippen molar-refractivity contribution in [3.05, 3.63) is 34.4 Å². The van der Waals surface area contributed by atoms with E-state index in [2.05, 4.69) is 10.0 Å². The molecule has 1 aromatic rings. The van der Waals surface area contributed by atoms with Crippen LogP contribution in [0, 0.1) is 10.1 Å². The van der Waals surface area contributed by atoms with Crippen LogP contribution in [0.15, 0.2) is 29.2 Å². The number of rotatable bonds is 7. The quantitative estimate of drug-likeness (QED) is 0.581. The van der Waals surface area contributed by atoms with E-state index in [1.54, 1.807) is 0 Å². The summed E-state index contributed by atoms with van der Waals surface area (Å²) < 4.78 is 26.4. The first kappa shape index (κ1) is 18.8. The van der Waals surface area contributed by atoms with Crippen LogP contribution in [0.3, 0.4) is 0 Å². The minimum absolute atomic E-state index is 0. The fourth-order valence-electron chi connectivity index (χ4n) is 1.57. The van der Waals surface area contributed by atoms with Gasteiger partial charge in [0, 0.05) is 18.7 Å². The molecule has 1 rings (SSSR count). The van der Waals surface area contributed by atoms with Gasteiger partial charge >= 0.3 is 0 Å². The van der Waals surface area contributed by atoms with Crippen molar-refractivity contribution in [2.45, 2.75) is 24.8 Å². The summed E-state index contributed by atoms with van der Waals surface area (Å²) in [4.78, 5) is 9.79. The highest BCUT2D eigenvalue weighted by Gasteiger charge is 2.24. The second-order valence-electron chi connectivity index (χ2n) is 4.04. The van der Waals surface area contributed by atoms with Gasteiger partial charge in [-0.3, -0.25) is 10.1 Å². The molecule has 9 heteroatoms. The molecular formula is C11H18ClN3O4S. The van der Waals surface area contributed by atoms with Crippen molar-refractivity contribution < 1.29 is 13.3 Å². The molecule has 7 nitrogen and oxygen atoms in total. The third-order valence-corrected chi connectivity index (χ3v) is 3.95. The first-order valence-electron chi connectivity index (χ1n) is 5.85. The van der Waals surface area contributed by atoms with E-state index >= 15 is 0 Å². The van der Waals surface area contributed by atoms with Crippen molar-refractivity contribution in [2.75, 3.05) is 13.1 Å². The maximum atomic E-state index is 12.0. The number of benzene rings is 1. The van der Waals surface area contributed by atoms with Gasteiger partial charge in [0.25, 0.3) is 5.69 Å². The molecule has 0 fully saturated rings. The molecule has 114 valence electrons. The number of sulfonamides is 1. The van der Waals surface area contributed by atoms with Gasteiger partial charge in [0.05, 0.1) is 4.92 Å². The van der Waals surface area contributed by atoms with Gasteiger partial charge in [-0.25, -0.2) is 13.1 Å². The molecule has 0 spiro atoms. The summed E-state index contributed by atoms with van der Waals surface area (Å²) in [5.74, 6) is 0. The number of likely N-dealkylation sites (N-methyl/N-ethyl adjacent to an activating group) is 1. The third kappa shape index (κ3) is 5.04. The van der Waals surface area contributed by atoms with Crippen LogP contribution >= 0.6 is 12.4 Å². The van der Waals surface area contributed by atoms with Gasteiger partial charge in [0.2, 0.25) is 10.0 Å². The number of nitrogens with zero attached hydrogens (tertiary/aromatic N) is 1. The van der Waals surface area contributed by atoms with Crippen LogP contribution in [-0.4, -0.2) is 32.5 Å². The predicted molar refractivity (Wildman–Crippen MR) is 78.7 cm³/mol. The summed E-state index contributed by atoms with van der Waals surface area (Å²) >= 11 is 0. The second-order valence-corrected chi connectivity index (χ2v) is 5.77. The van der Waals surface area contributed by atoms with Crippen molar-refractivity contribution in [3.8, 4) is 0 Å². The molecule has 0 unspecified atom stereocenters. The standard InChI is InChI=1S/C11H17N3O4S.ClH/c1-3-12-9(2)8-13-19(17,18)11-7-5-4-6-10(11)14(15)16;/h4-7,9,12-13H,3,8H2,1-2H3;1H/t9-;/m1./s1. The molecular weight excluding hydrogens is 306 g/mol. The van der Waals surface area contributed by atoms with Crippen LogP contribution < -0.4 is 10.0 Å². The van der Waals surface area contributed by atoms with Gasteiger partial charge in [-0.15, -0.1) is 12.4 Å². The topological polar surface area (TPSA) is 101 Å². The van der Waals surface area contributed by atoms with Gasteiger partial charge in [-0.1, -0.05) is 19.1 Å². The van der Waals surface area contributed by atoms with E-state index < -0.39 is 20.6 Å². The Hall–Kier alpha value is -1.22. The summed E-state index contributed by atoms with van der Waals surface area (Å²) in [6.45, 7) is 4.62. The van der Waals surface area contributed by atoms with E-state index in [9.17, 15) is 18.5 Å². The Morgan fingerprint density at radius 3 is 2.50 bits per heavy atom. The first-order valence-corrected chi connectivity index (χ1v) is 7.33. The summed E-state index contributed by atoms with van der Waals surface area (Å²) in [6, 6.07) is 5.22. The third-order valence-electron chi connectivity index (χ3n) is 2.48. The number of nitrogens with one attached hydrogen (secondary N) is 2. The average molecular weight is 324 g/mol. The Labute approximate surface area is 124 Å². The van der Waals surface area contributed by atoms with Crippen molar-refractivity contribution >= 4 is 28.1 Å². The summed E-state index contributed by atoms with van der Waals surface area (Å²) in [7, 11) is -3.88. The lowest BCUT2D eigenvalue weighted by Gasteiger charge is -2.13. The largest absolute Gasteiger partial charge is 0.313 e. The van der Waals surface area contributed by atoms with E-state index in [4.69, 9.17) is 0 Å². The highest BCUT2D eigenvalue weighted by molar-refractivity contribution is 7.89. The van der Waals surface area contributed by atoms with Crippen LogP contribution in [0.4, 0.5) is 5.69 Å². The zero-order valence-corrected chi connectivity index (χ0v) is 12.8. The number of hydrogen-bond acceptors (Lipinski definition) is 5. The van der Waals surface area contributed by atoms with E-state index in [0.717, 1.165) is 0 Å². The molecule has 0 heterocycles. The summed E-state index contributed by atoms with van der Waals surface area (Å²) in [5, 5.41) is 13.9. The highest BCUT2D eigenvalue weighted by Crippen LogP contribution is 2.22. The van der Waals surface area contributed by atoms with Crippen molar-refractivity contribution in [2.24, 2.45) is 0 Å². The smallest absolute Gasteiger partial charge is 0.289 e. The zero-order chi connectivity index (χ0) is 14.5. The number of nitro groups is 1. The Bertz CT molecular complexity index is 550. The molecule has 2 N–H and O–H groups in total. The average Bonchev–Trinajstić information content (AvgIpc) is 2.37. The molecule has 20 heavy (non-hydrogen) atoms. The maximum Gasteiger partial charge on any atom is 0.289 e. The zero-order valence-electron chi connectivity index (χ0n) is 11.2. The Morgan fingerprint density at radius 2 is 1.95 bits per heavy atom. The Kier molecular flexibility index (Phi) is 7.66. The number of halogens is 1. The summed E-state index contributed by atoms with van der Waals surface area (Å²) in [6.07, 6.45) is 0. The molecule has 0 bridgehead atoms. The number of nitro benzene ring substituents is 1. The van der Waals surface area contributed by atoms with Crippen molar-refractivity contribution in [3.63, 3.8) is 0 Å². The molecule has 0 saturated heterocycles. The minimum Gasteiger partial charge on any atom is -0.313 e. The second kappa shape index (κ2) is 8.15. The van der Waals surface area contributed by atoms with E-state index in [1.165, 1.54) is 24.3 Å². The molecule has 0 aromatic heterocycles. The predicted octanol–water partition coefficient (Wildman–Crippen LogP) is 1.29. The lowest BCUT2D eigenvalue weighted by atomic mass is 10.3. The number of hydrogen-bond donors (Lipinski definition) is 2. The molecule has 1 aromatic carbocycles. The molecule has 0 radical (unpaired) electrons.